The first-order chi connectivity index (χ1) is 15.2. The first-order valence-electron chi connectivity index (χ1n) is 9.80. The Morgan fingerprint density at radius 3 is 2.47 bits per heavy atom. The zero-order valence-corrected chi connectivity index (χ0v) is 18.7. The van der Waals surface area contributed by atoms with Crippen LogP contribution in [0.5, 0.6) is 0 Å². The molecule has 32 heavy (non-hydrogen) atoms. The minimum absolute atomic E-state index is 0.0762. The van der Waals surface area contributed by atoms with Crippen molar-refractivity contribution in [1.29, 1.82) is 0 Å². The molecular weight excluding hydrogens is 458 g/mol. The monoisotopic (exact) mass is 477 g/mol. The first-order valence-corrected chi connectivity index (χ1v) is 11.6. The summed E-state index contributed by atoms with van der Waals surface area (Å²) < 4.78 is 32.6. The summed E-state index contributed by atoms with van der Waals surface area (Å²) in [5, 5.41) is 15.8. The first kappa shape index (κ1) is 22.3. The number of sulfonamides is 1. The smallest absolute Gasteiger partial charge is 0.273 e. The molecule has 1 aromatic heterocycles. The number of hydrogen-bond acceptors (Lipinski definition) is 8. The number of benzene rings is 2. The van der Waals surface area contributed by atoms with Crippen LogP contribution < -0.4 is 0 Å². The Labute approximate surface area is 189 Å². The van der Waals surface area contributed by atoms with Gasteiger partial charge in [-0.1, -0.05) is 22.8 Å². The van der Waals surface area contributed by atoms with Crippen LogP contribution in [0.15, 0.2) is 51.9 Å². The van der Waals surface area contributed by atoms with Crippen LogP contribution in [0.4, 0.5) is 5.69 Å². The highest BCUT2D eigenvalue weighted by molar-refractivity contribution is 7.89. The summed E-state index contributed by atoms with van der Waals surface area (Å²) in [6.07, 6.45) is 0. The molecule has 0 bridgehead atoms. The maximum atomic E-state index is 13.0. The SMILES string of the molecule is Cc1ccc(S(=O)(=O)N2CCN(Cc3nc(-c4ccc(Cl)cc4)no3)CC2)cc1[N+](=O)[O-]. The van der Waals surface area contributed by atoms with E-state index in [1.165, 1.54) is 16.4 Å². The van der Waals surface area contributed by atoms with Gasteiger partial charge in [0.25, 0.3) is 5.69 Å². The Hall–Kier alpha value is -2.86. The summed E-state index contributed by atoms with van der Waals surface area (Å²) in [5.74, 6) is 0.888. The van der Waals surface area contributed by atoms with Crippen molar-refractivity contribution >= 4 is 27.3 Å². The summed E-state index contributed by atoms with van der Waals surface area (Å²) in [7, 11) is -3.83. The molecule has 0 N–H and O–H groups in total. The average Bonchev–Trinajstić information content (AvgIpc) is 3.23. The minimum atomic E-state index is -3.83. The third-order valence-corrected chi connectivity index (χ3v) is 7.42. The molecule has 1 fully saturated rings. The molecule has 2 heterocycles. The van der Waals surface area contributed by atoms with Crippen molar-refractivity contribution in [3.05, 3.63) is 69.1 Å². The number of halogens is 1. The van der Waals surface area contributed by atoms with Crippen LogP contribution in [-0.2, 0) is 16.6 Å². The average molecular weight is 478 g/mol. The van der Waals surface area contributed by atoms with Crippen LogP contribution in [0.1, 0.15) is 11.5 Å². The van der Waals surface area contributed by atoms with Crippen LogP contribution in [0.25, 0.3) is 11.4 Å². The summed E-state index contributed by atoms with van der Waals surface area (Å²) in [6.45, 7) is 3.40. The van der Waals surface area contributed by atoms with E-state index in [4.69, 9.17) is 16.1 Å². The van der Waals surface area contributed by atoms with E-state index in [1.807, 2.05) is 4.90 Å². The van der Waals surface area contributed by atoms with E-state index in [9.17, 15) is 18.5 Å². The lowest BCUT2D eigenvalue weighted by molar-refractivity contribution is -0.385. The number of aromatic nitrogens is 2. The number of nitrogens with zero attached hydrogens (tertiary/aromatic N) is 5. The lowest BCUT2D eigenvalue weighted by atomic mass is 10.2. The number of piperazine rings is 1. The summed E-state index contributed by atoms with van der Waals surface area (Å²) >= 11 is 5.90. The predicted octanol–water partition coefficient (Wildman–Crippen LogP) is 3.11. The van der Waals surface area contributed by atoms with Gasteiger partial charge in [0.2, 0.25) is 21.7 Å². The van der Waals surface area contributed by atoms with Crippen molar-refractivity contribution < 1.29 is 17.9 Å². The van der Waals surface area contributed by atoms with Gasteiger partial charge < -0.3 is 4.52 Å². The number of nitro benzene ring substituents is 1. The van der Waals surface area contributed by atoms with Gasteiger partial charge in [-0.3, -0.25) is 15.0 Å². The van der Waals surface area contributed by atoms with Gasteiger partial charge in [0.05, 0.1) is 16.4 Å². The Morgan fingerprint density at radius 2 is 1.81 bits per heavy atom. The van der Waals surface area contributed by atoms with Gasteiger partial charge in [0, 0.05) is 48.4 Å². The molecule has 0 aliphatic carbocycles. The van der Waals surface area contributed by atoms with Gasteiger partial charge in [-0.05, 0) is 37.3 Å². The Bertz CT molecular complexity index is 1240. The van der Waals surface area contributed by atoms with Gasteiger partial charge >= 0.3 is 0 Å². The fourth-order valence-electron chi connectivity index (χ4n) is 3.45. The van der Waals surface area contributed by atoms with E-state index in [-0.39, 0.29) is 23.7 Å². The van der Waals surface area contributed by atoms with E-state index in [1.54, 1.807) is 31.2 Å². The summed E-state index contributed by atoms with van der Waals surface area (Å²) in [6, 6.07) is 11.1. The molecule has 4 rings (SSSR count). The fourth-order valence-corrected chi connectivity index (χ4v) is 5.02. The molecule has 0 amide bonds. The molecule has 0 saturated carbocycles. The third-order valence-electron chi connectivity index (χ3n) is 5.28. The Kier molecular flexibility index (Phi) is 6.24. The number of aryl methyl sites for hydroxylation is 1. The summed E-state index contributed by atoms with van der Waals surface area (Å²) in [4.78, 5) is 16.9. The van der Waals surface area contributed by atoms with Crippen LogP contribution in [0.2, 0.25) is 5.02 Å². The lowest BCUT2D eigenvalue weighted by Crippen LogP contribution is -2.48. The molecule has 0 atom stereocenters. The van der Waals surface area contributed by atoms with Crippen LogP contribution >= 0.6 is 11.6 Å². The van der Waals surface area contributed by atoms with Gasteiger partial charge in [0.15, 0.2) is 0 Å². The number of nitro groups is 1. The molecule has 1 aliphatic rings. The largest absolute Gasteiger partial charge is 0.338 e. The van der Waals surface area contributed by atoms with Crippen LogP contribution in [0.3, 0.4) is 0 Å². The molecule has 3 aromatic rings. The quantitative estimate of drug-likeness (QED) is 0.392. The van der Waals surface area contributed by atoms with Crippen molar-refractivity contribution in [1.82, 2.24) is 19.3 Å². The van der Waals surface area contributed by atoms with Gasteiger partial charge in [0.1, 0.15) is 0 Å². The van der Waals surface area contributed by atoms with Crippen molar-refractivity contribution in [2.45, 2.75) is 18.4 Å². The molecule has 0 radical (unpaired) electrons. The highest BCUT2D eigenvalue weighted by Gasteiger charge is 2.30. The van der Waals surface area contributed by atoms with E-state index in [0.717, 1.165) is 11.6 Å². The van der Waals surface area contributed by atoms with Crippen LogP contribution in [0, 0.1) is 17.0 Å². The maximum absolute atomic E-state index is 13.0. The van der Waals surface area contributed by atoms with Crippen molar-refractivity contribution in [3.8, 4) is 11.4 Å². The minimum Gasteiger partial charge on any atom is -0.338 e. The zero-order chi connectivity index (χ0) is 22.9. The molecule has 168 valence electrons. The standard InChI is InChI=1S/C20H20ClN5O5S/c1-14-2-7-17(12-18(14)26(27)28)32(29,30)25-10-8-24(9-11-25)13-19-22-20(23-31-19)15-3-5-16(21)6-4-15/h2-7,12H,8-11,13H2,1H3. The van der Waals surface area contributed by atoms with Gasteiger partial charge in [-0.2, -0.15) is 9.29 Å². The molecule has 2 aromatic carbocycles. The van der Waals surface area contributed by atoms with Crippen molar-refractivity contribution in [2.75, 3.05) is 26.2 Å². The van der Waals surface area contributed by atoms with E-state index >= 15 is 0 Å². The Balaban J connectivity index is 1.40. The van der Waals surface area contributed by atoms with Crippen molar-refractivity contribution in [2.24, 2.45) is 0 Å². The second-order valence-corrected chi connectivity index (χ2v) is 9.78. The Morgan fingerprint density at radius 1 is 1.12 bits per heavy atom. The molecule has 0 unspecified atom stereocenters. The number of hydrogen-bond donors (Lipinski definition) is 0. The van der Waals surface area contributed by atoms with E-state index < -0.39 is 14.9 Å². The molecule has 1 aliphatic heterocycles. The normalized spacial score (nSPS) is 15.7. The lowest BCUT2D eigenvalue weighted by Gasteiger charge is -2.33. The molecule has 1 saturated heterocycles. The highest BCUT2D eigenvalue weighted by atomic mass is 35.5. The fraction of sp³-hybridized carbons (Fsp3) is 0.300. The molecule has 10 nitrogen and oxygen atoms in total. The third kappa shape index (κ3) is 4.65. The van der Waals surface area contributed by atoms with E-state index in [2.05, 4.69) is 10.1 Å². The van der Waals surface area contributed by atoms with E-state index in [0.29, 0.717) is 41.9 Å². The topological polar surface area (TPSA) is 123 Å². The number of rotatable bonds is 6. The van der Waals surface area contributed by atoms with Crippen LogP contribution in [-0.4, -0.2) is 58.9 Å². The highest BCUT2D eigenvalue weighted by Crippen LogP contribution is 2.25. The predicted molar refractivity (Wildman–Crippen MR) is 117 cm³/mol. The zero-order valence-electron chi connectivity index (χ0n) is 17.1. The summed E-state index contributed by atoms with van der Waals surface area (Å²) in [5.41, 5.74) is 0.987. The molecule has 0 spiro atoms. The van der Waals surface area contributed by atoms with Crippen molar-refractivity contribution in [3.63, 3.8) is 0 Å². The second kappa shape index (κ2) is 8.94. The molecule has 12 heteroatoms. The maximum Gasteiger partial charge on any atom is 0.273 e. The second-order valence-electron chi connectivity index (χ2n) is 7.40. The van der Waals surface area contributed by atoms with Gasteiger partial charge in [-0.15, -0.1) is 0 Å². The van der Waals surface area contributed by atoms with Gasteiger partial charge in [-0.25, -0.2) is 8.42 Å². The molecular formula is C20H20ClN5O5S.